The molecule has 1 amide bonds. The second-order valence-corrected chi connectivity index (χ2v) is 9.15. The molecule has 2 heterocycles. The summed E-state index contributed by atoms with van der Waals surface area (Å²) in [5, 5.41) is 0. The lowest BCUT2D eigenvalue weighted by Gasteiger charge is -2.34. The normalized spacial score (nSPS) is 26.3. The van der Waals surface area contributed by atoms with Crippen LogP contribution in [0.1, 0.15) is 19.8 Å². The molecular formula is C18H24N2O5S. The second-order valence-electron chi connectivity index (χ2n) is 7.21. The molecule has 1 aromatic carbocycles. The van der Waals surface area contributed by atoms with Gasteiger partial charge in [-0.15, -0.1) is 0 Å². The number of hydrogen-bond acceptors (Lipinski definition) is 5. The lowest BCUT2D eigenvalue weighted by atomic mass is 10.2. The van der Waals surface area contributed by atoms with Gasteiger partial charge in [0.2, 0.25) is 15.9 Å². The van der Waals surface area contributed by atoms with E-state index in [4.69, 9.17) is 9.47 Å². The van der Waals surface area contributed by atoms with Crippen LogP contribution in [-0.2, 0) is 14.8 Å². The van der Waals surface area contributed by atoms with Crippen LogP contribution in [0.4, 0.5) is 0 Å². The Bertz CT molecular complexity index is 802. The van der Waals surface area contributed by atoms with Crippen LogP contribution in [0.3, 0.4) is 0 Å². The maximum absolute atomic E-state index is 13.0. The highest BCUT2D eigenvalue weighted by Crippen LogP contribution is 2.39. The van der Waals surface area contributed by atoms with Crippen LogP contribution < -0.4 is 9.47 Å². The van der Waals surface area contributed by atoms with Gasteiger partial charge in [0, 0.05) is 44.6 Å². The summed E-state index contributed by atoms with van der Waals surface area (Å²) in [4.78, 5) is 14.3. The Morgan fingerprint density at radius 3 is 2.38 bits per heavy atom. The lowest BCUT2D eigenvalue weighted by Crippen LogP contribution is -2.51. The first-order chi connectivity index (χ1) is 12.5. The van der Waals surface area contributed by atoms with E-state index in [0.29, 0.717) is 56.8 Å². The standard InChI is InChI=1S/C18H24N2O5S/c1-13-11-15(13)18(21)19-5-7-20(8-6-19)26(22,23)14-3-4-16-17(12-14)25-10-2-9-24-16/h3-4,12-13,15H,2,5-11H2,1H3/t13-,15+/m0/s1. The van der Waals surface area contributed by atoms with Crippen molar-refractivity contribution in [2.75, 3.05) is 39.4 Å². The molecule has 142 valence electrons. The SMILES string of the molecule is C[C@H]1C[C@H]1C(=O)N1CCN(S(=O)(=O)c2ccc3c(c2)OCCCO3)CC1. The van der Waals surface area contributed by atoms with Crippen LogP contribution >= 0.6 is 0 Å². The molecule has 0 aromatic heterocycles. The third-order valence-corrected chi connectivity index (χ3v) is 7.23. The number of rotatable bonds is 3. The Hall–Kier alpha value is -1.80. The topological polar surface area (TPSA) is 76.2 Å². The van der Waals surface area contributed by atoms with Crippen molar-refractivity contribution in [2.24, 2.45) is 11.8 Å². The van der Waals surface area contributed by atoms with Gasteiger partial charge in [-0.05, 0) is 24.5 Å². The zero-order chi connectivity index (χ0) is 18.3. The van der Waals surface area contributed by atoms with Gasteiger partial charge in [0.05, 0.1) is 18.1 Å². The zero-order valence-corrected chi connectivity index (χ0v) is 15.7. The molecule has 0 radical (unpaired) electrons. The van der Waals surface area contributed by atoms with Crippen LogP contribution in [0.15, 0.2) is 23.1 Å². The zero-order valence-electron chi connectivity index (χ0n) is 14.9. The van der Waals surface area contributed by atoms with Crippen LogP contribution in [0.2, 0.25) is 0 Å². The van der Waals surface area contributed by atoms with Crippen LogP contribution in [-0.4, -0.2) is 62.9 Å². The summed E-state index contributed by atoms with van der Waals surface area (Å²) in [5.74, 6) is 1.83. The van der Waals surface area contributed by atoms with E-state index in [1.54, 1.807) is 23.1 Å². The van der Waals surface area contributed by atoms with Crippen molar-refractivity contribution < 1.29 is 22.7 Å². The number of carbonyl (C=O) groups is 1. The lowest BCUT2D eigenvalue weighted by molar-refractivity contribution is -0.134. The Labute approximate surface area is 153 Å². The summed E-state index contributed by atoms with van der Waals surface area (Å²) >= 11 is 0. The highest BCUT2D eigenvalue weighted by molar-refractivity contribution is 7.89. The Morgan fingerprint density at radius 2 is 1.73 bits per heavy atom. The smallest absolute Gasteiger partial charge is 0.243 e. The number of nitrogens with zero attached hydrogens (tertiary/aromatic N) is 2. The van der Waals surface area contributed by atoms with E-state index in [0.717, 1.165) is 12.8 Å². The number of piperazine rings is 1. The molecule has 2 fully saturated rings. The summed E-state index contributed by atoms with van der Waals surface area (Å²) in [6.45, 7) is 4.70. The van der Waals surface area contributed by atoms with Crippen molar-refractivity contribution in [3.8, 4) is 11.5 Å². The Kier molecular flexibility index (Phi) is 4.56. The van der Waals surface area contributed by atoms with Crippen molar-refractivity contribution >= 4 is 15.9 Å². The molecule has 26 heavy (non-hydrogen) atoms. The van der Waals surface area contributed by atoms with Crippen molar-refractivity contribution in [3.05, 3.63) is 18.2 Å². The van der Waals surface area contributed by atoms with Crippen molar-refractivity contribution in [1.82, 2.24) is 9.21 Å². The summed E-state index contributed by atoms with van der Waals surface area (Å²) in [6.07, 6.45) is 1.72. The van der Waals surface area contributed by atoms with Gasteiger partial charge in [-0.25, -0.2) is 8.42 Å². The van der Waals surface area contributed by atoms with E-state index in [-0.39, 0.29) is 16.7 Å². The van der Waals surface area contributed by atoms with Crippen molar-refractivity contribution in [1.29, 1.82) is 0 Å². The van der Waals surface area contributed by atoms with Crippen LogP contribution in [0.25, 0.3) is 0 Å². The Balaban J connectivity index is 1.46. The highest BCUT2D eigenvalue weighted by Gasteiger charge is 2.42. The maximum Gasteiger partial charge on any atom is 0.243 e. The average molecular weight is 380 g/mol. The third-order valence-electron chi connectivity index (χ3n) is 5.33. The molecule has 1 aromatic rings. The van der Waals surface area contributed by atoms with Gasteiger partial charge < -0.3 is 14.4 Å². The summed E-state index contributed by atoms with van der Waals surface area (Å²) < 4.78 is 38.5. The molecule has 8 heteroatoms. The molecule has 2 atom stereocenters. The van der Waals surface area contributed by atoms with Gasteiger partial charge in [0.25, 0.3) is 0 Å². The molecular weight excluding hydrogens is 356 g/mol. The summed E-state index contributed by atoms with van der Waals surface area (Å²) in [5.41, 5.74) is 0. The van der Waals surface area contributed by atoms with Gasteiger partial charge in [-0.3, -0.25) is 4.79 Å². The minimum atomic E-state index is -3.61. The van der Waals surface area contributed by atoms with Gasteiger partial charge in [-0.1, -0.05) is 6.92 Å². The molecule has 7 nitrogen and oxygen atoms in total. The monoisotopic (exact) mass is 380 g/mol. The largest absolute Gasteiger partial charge is 0.490 e. The predicted octanol–water partition coefficient (Wildman–Crippen LogP) is 1.34. The second kappa shape index (κ2) is 6.74. The quantitative estimate of drug-likeness (QED) is 0.791. The van der Waals surface area contributed by atoms with Gasteiger partial charge in [0.15, 0.2) is 11.5 Å². The summed E-state index contributed by atoms with van der Waals surface area (Å²) in [7, 11) is -3.61. The van der Waals surface area contributed by atoms with Gasteiger partial charge in [0.1, 0.15) is 0 Å². The molecule has 4 rings (SSSR count). The molecule has 3 aliphatic rings. The molecule has 0 N–H and O–H groups in total. The fraction of sp³-hybridized carbons (Fsp3) is 0.611. The number of sulfonamides is 1. The molecule has 0 bridgehead atoms. The number of ether oxygens (including phenoxy) is 2. The van der Waals surface area contributed by atoms with Crippen LogP contribution in [0, 0.1) is 11.8 Å². The van der Waals surface area contributed by atoms with E-state index < -0.39 is 10.0 Å². The van der Waals surface area contributed by atoms with Gasteiger partial charge >= 0.3 is 0 Å². The van der Waals surface area contributed by atoms with E-state index in [9.17, 15) is 13.2 Å². The average Bonchev–Trinajstić information content (AvgIpc) is 3.42. The summed E-state index contributed by atoms with van der Waals surface area (Å²) in [6, 6.07) is 4.76. The van der Waals surface area contributed by atoms with Crippen molar-refractivity contribution in [2.45, 2.75) is 24.7 Å². The van der Waals surface area contributed by atoms with E-state index in [1.807, 2.05) is 0 Å². The predicted molar refractivity (Wildman–Crippen MR) is 94.7 cm³/mol. The van der Waals surface area contributed by atoms with E-state index in [1.165, 1.54) is 4.31 Å². The fourth-order valence-electron chi connectivity index (χ4n) is 3.50. The first-order valence-electron chi connectivity index (χ1n) is 9.15. The van der Waals surface area contributed by atoms with E-state index >= 15 is 0 Å². The first kappa shape index (κ1) is 17.6. The highest BCUT2D eigenvalue weighted by atomic mass is 32.2. The minimum Gasteiger partial charge on any atom is -0.490 e. The molecule has 1 saturated heterocycles. The molecule has 0 spiro atoms. The minimum absolute atomic E-state index is 0.139. The molecule has 1 saturated carbocycles. The fourth-order valence-corrected chi connectivity index (χ4v) is 4.94. The maximum atomic E-state index is 13.0. The van der Waals surface area contributed by atoms with Crippen molar-refractivity contribution in [3.63, 3.8) is 0 Å². The molecule has 0 unspecified atom stereocenters. The number of benzene rings is 1. The molecule has 1 aliphatic carbocycles. The first-order valence-corrected chi connectivity index (χ1v) is 10.6. The third kappa shape index (κ3) is 3.27. The van der Waals surface area contributed by atoms with Crippen LogP contribution in [0.5, 0.6) is 11.5 Å². The molecule has 2 aliphatic heterocycles. The van der Waals surface area contributed by atoms with Gasteiger partial charge in [-0.2, -0.15) is 4.31 Å². The number of fused-ring (bicyclic) bond motifs is 1. The van der Waals surface area contributed by atoms with E-state index in [2.05, 4.69) is 6.92 Å². The number of hydrogen-bond donors (Lipinski definition) is 0. The number of carbonyl (C=O) groups excluding carboxylic acids is 1. The number of amides is 1. The Morgan fingerprint density at radius 1 is 1.08 bits per heavy atom.